The van der Waals surface area contributed by atoms with Crippen LogP contribution in [-0.4, -0.2) is 45.2 Å². The third-order valence-corrected chi connectivity index (χ3v) is 4.04. The van der Waals surface area contributed by atoms with Gasteiger partial charge in [-0.05, 0) is 24.6 Å². The number of nitrogens with one attached hydrogen (secondary N) is 1. The zero-order chi connectivity index (χ0) is 18.9. The van der Waals surface area contributed by atoms with Gasteiger partial charge in [0.15, 0.2) is 0 Å². The fourth-order valence-electron chi connectivity index (χ4n) is 2.61. The van der Waals surface area contributed by atoms with E-state index in [4.69, 9.17) is 0 Å². The van der Waals surface area contributed by atoms with Crippen LogP contribution in [0.15, 0.2) is 42.0 Å². The molecule has 7 nitrogen and oxygen atoms in total. The highest BCUT2D eigenvalue weighted by molar-refractivity contribution is 5.93. The van der Waals surface area contributed by atoms with E-state index in [9.17, 15) is 28.1 Å². The third-order valence-electron chi connectivity index (χ3n) is 4.04. The van der Waals surface area contributed by atoms with Crippen LogP contribution in [0.25, 0.3) is 11.3 Å². The minimum atomic E-state index is -4.37. The topological polar surface area (TPSA) is 92.1 Å². The van der Waals surface area contributed by atoms with Gasteiger partial charge in [0, 0.05) is 36.4 Å². The Morgan fingerprint density at radius 2 is 1.96 bits per heavy atom. The Kier molecular flexibility index (Phi) is 4.49. The molecule has 0 atom stereocenters. The van der Waals surface area contributed by atoms with E-state index in [0.29, 0.717) is 11.3 Å². The summed E-state index contributed by atoms with van der Waals surface area (Å²) in [6.07, 6.45) is -3.61. The van der Waals surface area contributed by atoms with E-state index >= 15 is 0 Å². The molecule has 0 bridgehead atoms. The molecular weight excluding hydrogens is 353 g/mol. The minimum Gasteiger partial charge on any atom is -0.333 e. The summed E-state index contributed by atoms with van der Waals surface area (Å²) in [4.78, 5) is 23.8. The van der Waals surface area contributed by atoms with Gasteiger partial charge in [-0.1, -0.05) is 6.08 Å². The first-order chi connectivity index (χ1) is 12.3. The maximum absolute atomic E-state index is 12.6. The lowest BCUT2D eigenvalue weighted by atomic mass is 10.1. The number of carbonyl (C=O) groups is 1. The van der Waals surface area contributed by atoms with Crippen molar-refractivity contribution >= 4 is 11.6 Å². The lowest BCUT2D eigenvalue weighted by Crippen LogP contribution is -2.37. The highest BCUT2D eigenvalue weighted by Gasteiger charge is 2.35. The van der Waals surface area contributed by atoms with Crippen molar-refractivity contribution < 1.29 is 22.9 Å². The van der Waals surface area contributed by atoms with Crippen LogP contribution in [0.3, 0.4) is 0 Å². The van der Waals surface area contributed by atoms with Gasteiger partial charge in [-0.15, -0.1) is 0 Å². The van der Waals surface area contributed by atoms with E-state index in [-0.39, 0.29) is 30.9 Å². The summed E-state index contributed by atoms with van der Waals surface area (Å²) in [6.45, 7) is -0.157. The van der Waals surface area contributed by atoms with Gasteiger partial charge in [0.25, 0.3) is 11.6 Å². The largest absolute Gasteiger partial charge is 0.412 e. The van der Waals surface area contributed by atoms with Crippen molar-refractivity contribution in [2.24, 2.45) is 0 Å². The summed E-state index contributed by atoms with van der Waals surface area (Å²) < 4.78 is 37.9. The SMILES string of the molecule is O=C(c1cc(-c2ccc([N+](=O)[O-])cc2)n[nH]1)N1CC=C(C(F)(F)F)CC1. The molecule has 1 N–H and O–H groups in total. The molecule has 0 radical (unpaired) electrons. The predicted octanol–water partition coefficient (Wildman–Crippen LogP) is 3.32. The number of alkyl halides is 3. The van der Waals surface area contributed by atoms with Crippen LogP contribution >= 0.6 is 0 Å². The van der Waals surface area contributed by atoms with E-state index in [1.807, 2.05) is 0 Å². The third kappa shape index (κ3) is 3.58. The Bertz CT molecular complexity index is 872. The van der Waals surface area contributed by atoms with Crippen LogP contribution in [0.2, 0.25) is 0 Å². The van der Waals surface area contributed by atoms with Crippen LogP contribution in [-0.2, 0) is 0 Å². The normalized spacial score (nSPS) is 14.9. The molecule has 1 aromatic heterocycles. The van der Waals surface area contributed by atoms with Crippen molar-refractivity contribution in [3.63, 3.8) is 0 Å². The number of carbonyl (C=O) groups excluding carboxylic acids is 1. The molecule has 1 aliphatic rings. The number of H-pyrrole nitrogens is 1. The van der Waals surface area contributed by atoms with Gasteiger partial charge in [0.2, 0.25) is 0 Å². The minimum absolute atomic E-state index is 0.0317. The van der Waals surface area contributed by atoms with Gasteiger partial charge < -0.3 is 4.90 Å². The maximum Gasteiger partial charge on any atom is 0.412 e. The molecule has 0 aliphatic carbocycles. The number of non-ortho nitro benzene ring substituents is 1. The van der Waals surface area contributed by atoms with Crippen LogP contribution in [0.4, 0.5) is 18.9 Å². The van der Waals surface area contributed by atoms with E-state index < -0.39 is 22.6 Å². The number of hydrogen-bond acceptors (Lipinski definition) is 4. The Labute approximate surface area is 145 Å². The average Bonchev–Trinajstić information content (AvgIpc) is 3.10. The van der Waals surface area contributed by atoms with Crippen molar-refractivity contribution in [3.05, 3.63) is 57.8 Å². The first kappa shape index (κ1) is 17.6. The quantitative estimate of drug-likeness (QED) is 0.512. The summed E-state index contributed by atoms with van der Waals surface area (Å²) in [7, 11) is 0. The van der Waals surface area contributed by atoms with Crippen molar-refractivity contribution in [1.82, 2.24) is 15.1 Å². The maximum atomic E-state index is 12.6. The molecule has 1 amide bonds. The van der Waals surface area contributed by atoms with Crippen LogP contribution in [0.5, 0.6) is 0 Å². The van der Waals surface area contributed by atoms with Crippen LogP contribution in [0.1, 0.15) is 16.9 Å². The monoisotopic (exact) mass is 366 g/mol. The molecule has 1 aliphatic heterocycles. The van der Waals surface area contributed by atoms with E-state index in [1.165, 1.54) is 35.2 Å². The van der Waals surface area contributed by atoms with Gasteiger partial charge in [0.05, 0.1) is 10.6 Å². The van der Waals surface area contributed by atoms with Crippen molar-refractivity contribution in [3.8, 4) is 11.3 Å². The van der Waals surface area contributed by atoms with Gasteiger partial charge in [-0.3, -0.25) is 20.0 Å². The lowest BCUT2D eigenvalue weighted by molar-refractivity contribution is -0.384. The number of aromatic nitrogens is 2. The highest BCUT2D eigenvalue weighted by atomic mass is 19.4. The molecule has 3 rings (SSSR count). The summed E-state index contributed by atoms with van der Waals surface area (Å²) in [5.41, 5.74) is 0.427. The molecule has 136 valence electrons. The lowest BCUT2D eigenvalue weighted by Gasteiger charge is -2.26. The Morgan fingerprint density at radius 1 is 1.27 bits per heavy atom. The molecule has 0 unspecified atom stereocenters. The molecule has 0 saturated carbocycles. The van der Waals surface area contributed by atoms with E-state index in [1.54, 1.807) is 0 Å². The molecule has 2 aromatic rings. The molecule has 0 spiro atoms. The number of nitrogens with zero attached hydrogens (tertiary/aromatic N) is 3. The highest BCUT2D eigenvalue weighted by Crippen LogP contribution is 2.30. The molecular formula is C16H13F3N4O3. The second-order valence-electron chi connectivity index (χ2n) is 5.70. The number of nitro groups is 1. The molecule has 0 saturated heterocycles. The van der Waals surface area contributed by atoms with Crippen LogP contribution < -0.4 is 0 Å². The molecule has 10 heteroatoms. The molecule has 0 fully saturated rings. The first-order valence-electron chi connectivity index (χ1n) is 7.61. The molecule has 1 aromatic carbocycles. The number of amides is 1. The van der Waals surface area contributed by atoms with Crippen molar-refractivity contribution in [2.75, 3.05) is 13.1 Å². The number of benzene rings is 1. The predicted molar refractivity (Wildman–Crippen MR) is 85.3 cm³/mol. The standard InChI is InChI=1S/C16H13F3N4O3/c17-16(18,19)11-5-7-22(8-6-11)15(24)14-9-13(20-21-14)10-1-3-12(4-2-10)23(25)26/h1-5,9H,6-8H2,(H,20,21). The average molecular weight is 366 g/mol. The Balaban J connectivity index is 1.73. The number of halogens is 3. The van der Waals surface area contributed by atoms with E-state index in [2.05, 4.69) is 10.2 Å². The summed E-state index contributed by atoms with van der Waals surface area (Å²) >= 11 is 0. The van der Waals surface area contributed by atoms with Gasteiger partial charge in [-0.25, -0.2) is 0 Å². The van der Waals surface area contributed by atoms with Crippen molar-refractivity contribution in [1.29, 1.82) is 0 Å². The number of nitro benzene ring substituents is 1. The Hall–Kier alpha value is -3.17. The first-order valence-corrected chi connectivity index (χ1v) is 7.61. The second-order valence-corrected chi connectivity index (χ2v) is 5.70. The second kappa shape index (κ2) is 6.62. The summed E-state index contributed by atoms with van der Waals surface area (Å²) in [5.74, 6) is -0.455. The zero-order valence-corrected chi connectivity index (χ0v) is 13.3. The summed E-state index contributed by atoms with van der Waals surface area (Å²) in [5, 5.41) is 17.2. The van der Waals surface area contributed by atoms with Crippen molar-refractivity contribution in [2.45, 2.75) is 12.6 Å². The Morgan fingerprint density at radius 3 is 2.50 bits per heavy atom. The summed E-state index contributed by atoms with van der Waals surface area (Å²) in [6, 6.07) is 7.11. The van der Waals surface area contributed by atoms with Gasteiger partial charge in [0.1, 0.15) is 5.69 Å². The van der Waals surface area contributed by atoms with E-state index in [0.717, 1.165) is 6.08 Å². The smallest absolute Gasteiger partial charge is 0.333 e. The number of aromatic amines is 1. The fourth-order valence-corrected chi connectivity index (χ4v) is 2.61. The van der Waals surface area contributed by atoms with Gasteiger partial charge >= 0.3 is 6.18 Å². The van der Waals surface area contributed by atoms with Gasteiger partial charge in [-0.2, -0.15) is 18.3 Å². The number of rotatable bonds is 3. The zero-order valence-electron chi connectivity index (χ0n) is 13.3. The number of hydrogen-bond donors (Lipinski definition) is 1. The van der Waals surface area contributed by atoms with Crippen LogP contribution in [0, 0.1) is 10.1 Å². The fraction of sp³-hybridized carbons (Fsp3) is 0.250. The molecule has 2 heterocycles. The molecule has 26 heavy (non-hydrogen) atoms.